The first-order valence-corrected chi connectivity index (χ1v) is 20.9. The number of phosphoric ester groups is 1. The van der Waals surface area contributed by atoms with Gasteiger partial charge in [-0.25, -0.2) is 4.57 Å². The second-order valence-electron chi connectivity index (χ2n) is 14.3. The molecule has 0 amide bonds. The van der Waals surface area contributed by atoms with Crippen molar-refractivity contribution < 1.29 is 42.1 Å². The smallest absolute Gasteiger partial charge is 0.462 e. The molecule has 2 atom stereocenters. The number of carbonyl (C=O) groups excluding carboxylic acids is 2. The molecule has 0 aliphatic rings. The van der Waals surface area contributed by atoms with Crippen LogP contribution >= 0.6 is 7.82 Å². The summed E-state index contributed by atoms with van der Waals surface area (Å²) in [5.74, 6) is -0.824. The molecule has 10 heteroatoms. The molecule has 0 aliphatic carbocycles. The molecule has 48 heavy (non-hydrogen) atoms. The molecule has 0 aromatic carbocycles. The Morgan fingerprint density at radius 1 is 0.625 bits per heavy atom. The molecule has 0 fully saturated rings. The summed E-state index contributed by atoms with van der Waals surface area (Å²) in [4.78, 5) is 35.1. The Morgan fingerprint density at radius 3 is 1.58 bits per heavy atom. The Hall–Kier alpha value is -1.25. The quantitative estimate of drug-likeness (QED) is 0.0228. The summed E-state index contributed by atoms with van der Waals surface area (Å²) in [6.07, 6.45) is 29.8. The van der Waals surface area contributed by atoms with E-state index in [1.54, 1.807) is 0 Å². The van der Waals surface area contributed by atoms with E-state index in [1.165, 1.54) is 96.3 Å². The molecule has 1 N–H and O–H groups in total. The van der Waals surface area contributed by atoms with Gasteiger partial charge in [0.05, 0.1) is 27.7 Å². The maximum absolute atomic E-state index is 12.6. The predicted octanol–water partition coefficient (Wildman–Crippen LogP) is 10.2. The van der Waals surface area contributed by atoms with Gasteiger partial charge in [-0.05, 0) is 38.5 Å². The fourth-order valence-corrected chi connectivity index (χ4v) is 5.93. The van der Waals surface area contributed by atoms with Crippen LogP contribution in [0.15, 0.2) is 12.2 Å². The minimum Gasteiger partial charge on any atom is -0.462 e. The Balaban J connectivity index is 4.40. The van der Waals surface area contributed by atoms with Gasteiger partial charge in [0.1, 0.15) is 19.8 Å². The van der Waals surface area contributed by atoms with Crippen LogP contribution in [0.1, 0.15) is 168 Å². The summed E-state index contributed by atoms with van der Waals surface area (Å²) in [5, 5.41) is 0. The zero-order valence-electron chi connectivity index (χ0n) is 31.7. The molecule has 0 heterocycles. The van der Waals surface area contributed by atoms with Crippen LogP contribution < -0.4 is 0 Å². The van der Waals surface area contributed by atoms with Crippen molar-refractivity contribution in [2.45, 2.75) is 174 Å². The van der Waals surface area contributed by atoms with Crippen molar-refractivity contribution in [2.24, 2.45) is 0 Å². The van der Waals surface area contributed by atoms with Gasteiger partial charge in [0.15, 0.2) is 6.10 Å². The van der Waals surface area contributed by atoms with Gasteiger partial charge in [-0.3, -0.25) is 18.6 Å². The van der Waals surface area contributed by atoms with Crippen LogP contribution in [0.3, 0.4) is 0 Å². The topological polar surface area (TPSA) is 108 Å². The van der Waals surface area contributed by atoms with Gasteiger partial charge >= 0.3 is 19.8 Å². The average Bonchev–Trinajstić information content (AvgIpc) is 3.02. The largest absolute Gasteiger partial charge is 0.472 e. The summed E-state index contributed by atoms with van der Waals surface area (Å²) < 4.78 is 34.1. The molecular weight excluding hydrogens is 629 g/mol. The van der Waals surface area contributed by atoms with Crippen LogP contribution in [0.2, 0.25) is 0 Å². The number of quaternary nitrogens is 1. The minimum atomic E-state index is -4.36. The van der Waals surface area contributed by atoms with E-state index in [0.717, 1.165) is 32.1 Å². The van der Waals surface area contributed by atoms with Crippen molar-refractivity contribution in [1.29, 1.82) is 0 Å². The van der Waals surface area contributed by atoms with E-state index in [4.69, 9.17) is 18.5 Å². The first-order valence-electron chi connectivity index (χ1n) is 19.4. The predicted molar refractivity (Wildman–Crippen MR) is 197 cm³/mol. The third kappa shape index (κ3) is 34.6. The van der Waals surface area contributed by atoms with Gasteiger partial charge < -0.3 is 18.9 Å². The van der Waals surface area contributed by atoms with E-state index in [-0.39, 0.29) is 32.0 Å². The number of allylic oxidation sites excluding steroid dienone is 2. The van der Waals surface area contributed by atoms with Crippen molar-refractivity contribution in [3.05, 3.63) is 12.2 Å². The van der Waals surface area contributed by atoms with Gasteiger partial charge in [-0.2, -0.15) is 0 Å². The van der Waals surface area contributed by atoms with Gasteiger partial charge in [0.2, 0.25) is 0 Å². The summed E-state index contributed by atoms with van der Waals surface area (Å²) in [5.41, 5.74) is 0. The number of hydrogen-bond acceptors (Lipinski definition) is 7. The van der Waals surface area contributed by atoms with Crippen molar-refractivity contribution in [1.82, 2.24) is 0 Å². The molecular formula is C38H75NO8P+. The molecule has 0 radical (unpaired) electrons. The number of carbonyl (C=O) groups is 2. The average molecular weight is 705 g/mol. The summed E-state index contributed by atoms with van der Waals surface area (Å²) in [7, 11) is 1.47. The molecule has 9 nitrogen and oxygen atoms in total. The van der Waals surface area contributed by atoms with Crippen LogP contribution in [0.25, 0.3) is 0 Å². The molecule has 0 saturated heterocycles. The highest BCUT2D eigenvalue weighted by Crippen LogP contribution is 2.43. The van der Waals surface area contributed by atoms with Gasteiger partial charge in [-0.15, -0.1) is 0 Å². The molecule has 0 saturated carbocycles. The molecule has 0 aromatic heterocycles. The Kier molecular flexibility index (Phi) is 30.9. The number of rotatable bonds is 35. The normalized spacial score (nSPS) is 13.9. The van der Waals surface area contributed by atoms with Gasteiger partial charge in [-0.1, -0.05) is 129 Å². The number of phosphoric acid groups is 1. The fraction of sp³-hybridized carbons (Fsp3) is 0.895. The van der Waals surface area contributed by atoms with Crippen LogP contribution in [-0.4, -0.2) is 74.9 Å². The summed E-state index contributed by atoms with van der Waals surface area (Å²) in [6.45, 7) is 4.37. The lowest BCUT2D eigenvalue weighted by molar-refractivity contribution is -0.870. The molecule has 0 spiro atoms. The fourth-order valence-electron chi connectivity index (χ4n) is 5.18. The van der Waals surface area contributed by atoms with Crippen LogP contribution in [0.5, 0.6) is 0 Å². The van der Waals surface area contributed by atoms with E-state index in [9.17, 15) is 19.0 Å². The number of hydrogen-bond donors (Lipinski definition) is 1. The first kappa shape index (κ1) is 46.8. The number of nitrogens with zero attached hydrogens (tertiary/aromatic N) is 1. The molecule has 0 aliphatic heterocycles. The Labute approximate surface area is 295 Å². The molecule has 0 aromatic rings. The van der Waals surface area contributed by atoms with E-state index in [1.807, 2.05) is 21.1 Å². The molecule has 284 valence electrons. The SMILES string of the molecule is CCCCCCCCCCC/C=C/CCCCC(=O)OC[C@@H](COP(=O)(O)OCC[N+](C)(C)C)OC(=O)CCCCCCCCCCC. The van der Waals surface area contributed by atoms with E-state index >= 15 is 0 Å². The van der Waals surface area contributed by atoms with Crippen LogP contribution in [-0.2, 0) is 32.7 Å². The molecule has 0 bridgehead atoms. The second-order valence-corrected chi connectivity index (χ2v) is 15.8. The third-order valence-corrected chi connectivity index (χ3v) is 9.28. The lowest BCUT2D eigenvalue weighted by atomic mass is 10.1. The molecule has 1 unspecified atom stereocenters. The maximum atomic E-state index is 12.6. The standard InChI is InChI=1S/C38H74NO8P/c1-6-8-10-12-14-16-17-18-19-20-21-23-24-26-28-30-37(40)44-34-36(35-46-48(42,43)45-33-32-39(3,4)5)47-38(41)31-29-27-25-22-15-13-11-9-7-2/h21,23,36H,6-20,22,24-35H2,1-5H3/p+1/b23-21+/t36-/m0/s1. The van der Waals surface area contributed by atoms with E-state index < -0.39 is 26.5 Å². The zero-order chi connectivity index (χ0) is 35.8. The van der Waals surface area contributed by atoms with Crippen LogP contribution in [0.4, 0.5) is 0 Å². The second kappa shape index (κ2) is 31.7. The first-order chi connectivity index (χ1) is 23.0. The highest BCUT2D eigenvalue weighted by Gasteiger charge is 2.27. The zero-order valence-corrected chi connectivity index (χ0v) is 32.6. The van der Waals surface area contributed by atoms with Crippen LogP contribution in [0, 0.1) is 0 Å². The number of likely N-dealkylation sites (N-methyl/N-ethyl adjacent to an activating group) is 1. The minimum absolute atomic E-state index is 0.0315. The number of ether oxygens (including phenoxy) is 2. The van der Waals surface area contributed by atoms with E-state index in [0.29, 0.717) is 23.9 Å². The highest BCUT2D eigenvalue weighted by atomic mass is 31.2. The number of unbranched alkanes of at least 4 members (excludes halogenated alkanes) is 19. The maximum Gasteiger partial charge on any atom is 0.472 e. The molecule has 0 rings (SSSR count). The van der Waals surface area contributed by atoms with Gasteiger partial charge in [0.25, 0.3) is 0 Å². The summed E-state index contributed by atoms with van der Waals surface area (Å²) in [6, 6.07) is 0. The number of esters is 2. The monoisotopic (exact) mass is 705 g/mol. The van der Waals surface area contributed by atoms with Crippen molar-refractivity contribution >= 4 is 19.8 Å². The van der Waals surface area contributed by atoms with E-state index in [2.05, 4.69) is 26.0 Å². The Bertz CT molecular complexity index is 845. The Morgan fingerprint density at radius 2 is 1.06 bits per heavy atom. The van der Waals surface area contributed by atoms with Crippen molar-refractivity contribution in [3.8, 4) is 0 Å². The van der Waals surface area contributed by atoms with Crippen molar-refractivity contribution in [3.63, 3.8) is 0 Å². The highest BCUT2D eigenvalue weighted by molar-refractivity contribution is 7.47. The lowest BCUT2D eigenvalue weighted by Gasteiger charge is -2.24. The third-order valence-electron chi connectivity index (χ3n) is 8.30. The van der Waals surface area contributed by atoms with Crippen molar-refractivity contribution in [2.75, 3.05) is 47.5 Å². The van der Waals surface area contributed by atoms with Gasteiger partial charge in [0, 0.05) is 12.8 Å². The lowest BCUT2D eigenvalue weighted by Crippen LogP contribution is -2.37. The summed E-state index contributed by atoms with van der Waals surface area (Å²) >= 11 is 0.